The number of aromatic nitrogens is 1. The van der Waals surface area contributed by atoms with Crippen LogP contribution in [-0.2, 0) is 6.54 Å². The number of aryl methyl sites for hydroxylation is 1. The molecule has 2 aliphatic rings. The number of hydrogen-bond donors (Lipinski definition) is 2. The van der Waals surface area contributed by atoms with Gasteiger partial charge in [0.15, 0.2) is 11.9 Å². The van der Waals surface area contributed by atoms with E-state index in [1.54, 1.807) is 9.80 Å². The summed E-state index contributed by atoms with van der Waals surface area (Å²) in [7, 11) is 0. The summed E-state index contributed by atoms with van der Waals surface area (Å²) in [6, 6.07) is 7.76. The fourth-order valence-electron chi connectivity index (χ4n) is 4.04. The highest BCUT2D eigenvalue weighted by Crippen LogP contribution is 2.39. The molecule has 0 saturated carbocycles. The number of nitrogens with zero attached hydrogens (tertiary/aromatic N) is 6. The van der Waals surface area contributed by atoms with Crippen LogP contribution in [0.2, 0.25) is 0 Å². The molecule has 9 heteroatoms. The van der Waals surface area contributed by atoms with Crippen molar-refractivity contribution in [2.45, 2.75) is 52.5 Å². The topological polar surface area (TPSA) is 97.8 Å². The van der Waals surface area contributed by atoms with Gasteiger partial charge in [-0.1, -0.05) is 31.5 Å². The van der Waals surface area contributed by atoms with Crippen molar-refractivity contribution in [1.82, 2.24) is 19.7 Å². The van der Waals surface area contributed by atoms with Crippen LogP contribution in [0, 0.1) is 0 Å². The third-order valence-electron chi connectivity index (χ3n) is 5.54. The van der Waals surface area contributed by atoms with E-state index in [1.165, 1.54) is 0 Å². The summed E-state index contributed by atoms with van der Waals surface area (Å²) in [5.74, 6) is 0.483. The number of para-hydroxylation sites is 1. The molecule has 2 unspecified atom stereocenters. The van der Waals surface area contributed by atoms with Crippen LogP contribution in [0.3, 0.4) is 0 Å². The van der Waals surface area contributed by atoms with Gasteiger partial charge in [0.25, 0.3) is 0 Å². The zero-order chi connectivity index (χ0) is 20.5. The van der Waals surface area contributed by atoms with E-state index in [2.05, 4.69) is 27.5 Å². The Morgan fingerprint density at radius 1 is 1.14 bits per heavy atom. The summed E-state index contributed by atoms with van der Waals surface area (Å²) in [4.78, 5) is 20.4. The standard InChI is InChI=1S/C20H27N7O2/c1-4-7-12-27-14-11-9-8-10-13(14)15(18(27)28)23-24-19-21-16-17(22-19)26(6-3)20(29)25(16)5-2/h8-11,16-17,28H,4-7,12H2,1-3H3,(H,21,22). The quantitative estimate of drug-likeness (QED) is 0.729. The number of benzene rings is 1. The maximum absolute atomic E-state index is 12.4. The maximum Gasteiger partial charge on any atom is 0.323 e. The van der Waals surface area contributed by atoms with Crippen molar-refractivity contribution >= 4 is 28.6 Å². The zero-order valence-electron chi connectivity index (χ0n) is 17.0. The number of unbranched alkanes of at least 4 members (excludes halogenated alkanes) is 1. The Bertz CT molecular complexity index is 981. The van der Waals surface area contributed by atoms with Gasteiger partial charge in [0.2, 0.25) is 11.8 Å². The van der Waals surface area contributed by atoms with Gasteiger partial charge in [0, 0.05) is 25.0 Å². The molecule has 2 N–H and O–H groups in total. The summed E-state index contributed by atoms with van der Waals surface area (Å²) in [6.07, 6.45) is 1.46. The molecule has 0 spiro atoms. The maximum atomic E-state index is 12.4. The van der Waals surface area contributed by atoms with Gasteiger partial charge >= 0.3 is 6.03 Å². The second-order valence-electron chi connectivity index (χ2n) is 7.20. The van der Waals surface area contributed by atoms with Crippen molar-refractivity contribution in [2.24, 2.45) is 15.2 Å². The molecule has 3 heterocycles. The molecule has 0 radical (unpaired) electrons. The van der Waals surface area contributed by atoms with Gasteiger partial charge in [0.05, 0.1) is 5.52 Å². The van der Waals surface area contributed by atoms with Crippen molar-refractivity contribution in [3.8, 4) is 5.88 Å². The Balaban J connectivity index is 1.64. The molecule has 1 aromatic heterocycles. The number of carbonyl (C=O) groups is 1. The SMILES string of the molecule is CCCCn1c(O)c(N=NC2=NC3C(N2)N(CC)C(=O)N3CC)c2ccccc21. The third-order valence-corrected chi connectivity index (χ3v) is 5.54. The van der Waals surface area contributed by atoms with E-state index in [1.807, 2.05) is 42.7 Å². The zero-order valence-corrected chi connectivity index (χ0v) is 17.0. The second-order valence-corrected chi connectivity index (χ2v) is 7.20. The van der Waals surface area contributed by atoms with Crippen molar-refractivity contribution in [2.75, 3.05) is 13.1 Å². The molecule has 9 nitrogen and oxygen atoms in total. The van der Waals surface area contributed by atoms with Gasteiger partial charge in [-0.3, -0.25) is 4.90 Å². The van der Waals surface area contributed by atoms with Gasteiger partial charge < -0.3 is 19.9 Å². The van der Waals surface area contributed by atoms with Crippen molar-refractivity contribution in [3.63, 3.8) is 0 Å². The molecule has 0 aliphatic carbocycles. The monoisotopic (exact) mass is 397 g/mol. The smallest absolute Gasteiger partial charge is 0.323 e. The van der Waals surface area contributed by atoms with Gasteiger partial charge in [-0.05, 0) is 26.3 Å². The summed E-state index contributed by atoms with van der Waals surface area (Å²) < 4.78 is 1.88. The fourth-order valence-corrected chi connectivity index (χ4v) is 4.04. The van der Waals surface area contributed by atoms with E-state index < -0.39 is 0 Å². The first-order valence-corrected chi connectivity index (χ1v) is 10.2. The van der Waals surface area contributed by atoms with Crippen LogP contribution in [0.4, 0.5) is 10.5 Å². The van der Waals surface area contributed by atoms with Crippen LogP contribution < -0.4 is 5.32 Å². The predicted octanol–water partition coefficient (Wildman–Crippen LogP) is 3.62. The number of hydrogen-bond acceptors (Lipinski definition) is 6. The third kappa shape index (κ3) is 3.10. The first-order chi connectivity index (χ1) is 14.1. The lowest BCUT2D eigenvalue weighted by atomic mass is 10.2. The molecule has 1 fully saturated rings. The highest BCUT2D eigenvalue weighted by molar-refractivity contribution is 5.95. The number of aliphatic imine (C=N–C) groups is 1. The van der Waals surface area contributed by atoms with Crippen molar-refractivity contribution < 1.29 is 9.90 Å². The van der Waals surface area contributed by atoms with Crippen molar-refractivity contribution in [1.29, 1.82) is 0 Å². The number of azo groups is 1. The Hall–Kier alpha value is -3.10. The summed E-state index contributed by atoms with van der Waals surface area (Å²) in [5.41, 5.74) is 1.37. The molecule has 2 amide bonds. The van der Waals surface area contributed by atoms with E-state index >= 15 is 0 Å². The number of rotatable bonds is 6. The van der Waals surface area contributed by atoms with E-state index in [9.17, 15) is 9.90 Å². The van der Waals surface area contributed by atoms with Gasteiger partial charge in [-0.2, -0.15) is 0 Å². The minimum Gasteiger partial charge on any atom is -0.493 e. The highest BCUT2D eigenvalue weighted by atomic mass is 16.3. The van der Waals surface area contributed by atoms with E-state index in [0.717, 1.165) is 30.3 Å². The number of urea groups is 1. The number of nitrogens with one attached hydrogen (secondary N) is 1. The summed E-state index contributed by atoms with van der Waals surface area (Å²) >= 11 is 0. The average molecular weight is 397 g/mol. The molecule has 1 aromatic carbocycles. The minimum atomic E-state index is -0.305. The van der Waals surface area contributed by atoms with E-state index in [0.29, 0.717) is 24.7 Å². The molecule has 29 heavy (non-hydrogen) atoms. The van der Waals surface area contributed by atoms with Gasteiger partial charge in [-0.25, -0.2) is 9.79 Å². The molecule has 4 rings (SSSR count). The largest absolute Gasteiger partial charge is 0.493 e. The van der Waals surface area contributed by atoms with Crippen LogP contribution in [-0.4, -0.2) is 56.9 Å². The van der Waals surface area contributed by atoms with Crippen LogP contribution in [0.5, 0.6) is 5.88 Å². The number of likely N-dealkylation sites (N-methyl/N-ethyl adjacent to an activating group) is 2. The molecule has 2 atom stereocenters. The van der Waals surface area contributed by atoms with E-state index in [-0.39, 0.29) is 24.2 Å². The number of fused-ring (bicyclic) bond motifs is 2. The Morgan fingerprint density at radius 3 is 2.62 bits per heavy atom. The van der Waals surface area contributed by atoms with Crippen molar-refractivity contribution in [3.05, 3.63) is 24.3 Å². The second kappa shape index (κ2) is 7.73. The molecular weight excluding hydrogens is 370 g/mol. The minimum absolute atomic E-state index is 0.0196. The molecule has 2 aromatic rings. The van der Waals surface area contributed by atoms with Crippen LogP contribution in [0.25, 0.3) is 10.9 Å². The highest BCUT2D eigenvalue weighted by Gasteiger charge is 2.48. The number of aromatic hydroxyl groups is 1. The van der Waals surface area contributed by atoms with Gasteiger partial charge in [0.1, 0.15) is 6.17 Å². The number of carbonyl (C=O) groups excluding carboxylic acids is 1. The average Bonchev–Trinajstić information content (AvgIpc) is 3.32. The van der Waals surface area contributed by atoms with E-state index in [4.69, 9.17) is 0 Å². The summed E-state index contributed by atoms with van der Waals surface area (Å²) in [6.45, 7) is 7.90. The lowest BCUT2D eigenvalue weighted by Gasteiger charge is -2.19. The molecule has 0 bridgehead atoms. The molecule has 1 saturated heterocycles. The number of amides is 2. The summed E-state index contributed by atoms with van der Waals surface area (Å²) in [5, 5.41) is 23.4. The van der Waals surface area contributed by atoms with Gasteiger partial charge in [-0.15, -0.1) is 10.2 Å². The lowest BCUT2D eigenvalue weighted by molar-refractivity contribution is 0.187. The Labute approximate surface area is 169 Å². The van der Waals surface area contributed by atoms with Crippen LogP contribution in [0.1, 0.15) is 33.6 Å². The Morgan fingerprint density at radius 2 is 1.90 bits per heavy atom. The van der Waals surface area contributed by atoms with Crippen LogP contribution >= 0.6 is 0 Å². The normalized spacial score (nSPS) is 21.3. The molecular formula is C20H27N7O2. The fraction of sp³-hybridized carbons (Fsp3) is 0.500. The predicted molar refractivity (Wildman–Crippen MR) is 111 cm³/mol. The molecule has 2 aliphatic heterocycles. The number of guanidine groups is 1. The first kappa shape index (κ1) is 19.2. The first-order valence-electron chi connectivity index (χ1n) is 10.2. The molecule has 154 valence electrons. The lowest BCUT2D eigenvalue weighted by Crippen LogP contribution is -2.44. The Kier molecular flexibility index (Phi) is 5.12. The van der Waals surface area contributed by atoms with Crippen LogP contribution in [0.15, 0.2) is 39.5 Å².